The quantitative estimate of drug-likeness (QED) is 0.927. The molecule has 3 heterocycles. The summed E-state index contributed by atoms with van der Waals surface area (Å²) in [6.07, 6.45) is 7.33. The Morgan fingerprint density at radius 3 is 2.52 bits per heavy atom. The van der Waals surface area contributed by atoms with Gasteiger partial charge in [-0.25, -0.2) is 4.79 Å². The molecule has 2 amide bonds. The maximum absolute atomic E-state index is 12.9. The Morgan fingerprint density at radius 2 is 1.84 bits per heavy atom. The largest absolute Gasteiger partial charge is 0.492 e. The first kappa shape index (κ1) is 15.9. The first-order valence-corrected chi connectivity index (χ1v) is 8.93. The fraction of sp³-hybridized carbons (Fsp3) is 0.500. The minimum atomic E-state index is -0.0356. The third-order valence-electron chi connectivity index (χ3n) is 5.13. The van der Waals surface area contributed by atoms with Crippen LogP contribution >= 0.6 is 0 Å². The third kappa shape index (κ3) is 3.06. The molecule has 1 aromatic carbocycles. The second-order valence-electron chi connectivity index (χ2n) is 6.63. The van der Waals surface area contributed by atoms with E-state index in [2.05, 4.69) is 15.5 Å². The lowest BCUT2D eigenvalue weighted by atomic mass is 9.98. The number of urea groups is 1. The first-order chi connectivity index (χ1) is 12.3. The Bertz CT molecular complexity index is 719. The van der Waals surface area contributed by atoms with Crippen LogP contribution in [-0.4, -0.2) is 44.6 Å². The van der Waals surface area contributed by atoms with Gasteiger partial charge in [-0.15, -0.1) is 0 Å². The number of hydrogen-bond donors (Lipinski definition) is 1. The van der Waals surface area contributed by atoms with E-state index in [0.29, 0.717) is 12.4 Å². The zero-order chi connectivity index (χ0) is 17.2. The average molecular weight is 341 g/mol. The summed E-state index contributed by atoms with van der Waals surface area (Å²) in [5.41, 5.74) is 0.726. The number of carbonyl (C=O) groups excluding carboxylic acids is 1. The van der Waals surface area contributed by atoms with Gasteiger partial charge >= 0.3 is 6.03 Å². The highest BCUT2D eigenvalue weighted by atomic mass is 16.5. The van der Waals surface area contributed by atoms with Gasteiger partial charge in [-0.1, -0.05) is 12.1 Å². The Hall–Kier alpha value is -2.57. The van der Waals surface area contributed by atoms with Gasteiger partial charge in [0, 0.05) is 12.1 Å². The Balaban J connectivity index is 1.47. The smallest absolute Gasteiger partial charge is 0.322 e. The first-order valence-electron chi connectivity index (χ1n) is 8.93. The van der Waals surface area contributed by atoms with Crippen molar-refractivity contribution in [3.63, 3.8) is 0 Å². The molecule has 25 heavy (non-hydrogen) atoms. The van der Waals surface area contributed by atoms with E-state index in [1.807, 2.05) is 36.1 Å². The molecule has 0 saturated carbocycles. The summed E-state index contributed by atoms with van der Waals surface area (Å²) < 4.78 is 5.61. The normalized spacial score (nSPS) is 25.0. The molecule has 2 unspecified atom stereocenters. The minimum Gasteiger partial charge on any atom is -0.492 e. The van der Waals surface area contributed by atoms with E-state index < -0.39 is 0 Å². The van der Waals surface area contributed by atoms with Crippen molar-refractivity contribution in [3.05, 3.63) is 36.7 Å². The van der Waals surface area contributed by atoms with E-state index in [4.69, 9.17) is 4.74 Å². The lowest BCUT2D eigenvalue weighted by Crippen LogP contribution is -2.49. The predicted molar refractivity (Wildman–Crippen MR) is 93.6 cm³/mol. The summed E-state index contributed by atoms with van der Waals surface area (Å²) in [6, 6.07) is 8.31. The molecule has 0 aliphatic carbocycles. The number of piperidine rings is 1. The van der Waals surface area contributed by atoms with Crippen molar-refractivity contribution in [1.29, 1.82) is 0 Å². The number of nitrogens with one attached hydrogen (secondary N) is 1. The highest BCUT2D eigenvalue weighted by Crippen LogP contribution is 2.40. The Labute approximate surface area is 147 Å². The van der Waals surface area contributed by atoms with Crippen LogP contribution in [-0.2, 0) is 0 Å². The van der Waals surface area contributed by atoms with Crippen LogP contribution < -0.4 is 10.1 Å². The lowest BCUT2D eigenvalue weighted by Gasteiger charge is -2.38. The summed E-state index contributed by atoms with van der Waals surface area (Å²) in [5, 5.41) is 11.6. The van der Waals surface area contributed by atoms with Gasteiger partial charge in [0.2, 0.25) is 0 Å². The van der Waals surface area contributed by atoms with Crippen molar-refractivity contribution >= 4 is 11.7 Å². The van der Waals surface area contributed by atoms with Gasteiger partial charge in [0.05, 0.1) is 30.7 Å². The number of fused-ring (bicyclic) bond motifs is 2. The number of carbonyl (C=O) groups is 1. The van der Waals surface area contributed by atoms with Crippen LogP contribution in [0, 0.1) is 0 Å². The van der Waals surface area contributed by atoms with Gasteiger partial charge in [0.15, 0.2) is 0 Å². The van der Waals surface area contributed by atoms with Crippen molar-refractivity contribution in [2.24, 2.45) is 0 Å². The van der Waals surface area contributed by atoms with Crippen molar-refractivity contribution in [2.45, 2.75) is 50.7 Å². The second kappa shape index (κ2) is 6.74. The van der Waals surface area contributed by atoms with Gasteiger partial charge < -0.3 is 15.0 Å². The van der Waals surface area contributed by atoms with Gasteiger partial charge in [0.25, 0.3) is 0 Å². The van der Waals surface area contributed by atoms with E-state index in [0.717, 1.165) is 31.4 Å². The van der Waals surface area contributed by atoms with Crippen molar-refractivity contribution in [2.75, 3.05) is 11.9 Å². The SMILES string of the molecule is CCOc1ccccc1NC(=O)N1C2CCC1CC(n1nccn1)C2. The van der Waals surface area contributed by atoms with E-state index >= 15 is 0 Å². The summed E-state index contributed by atoms with van der Waals surface area (Å²) in [5.74, 6) is 0.710. The third-order valence-corrected chi connectivity index (χ3v) is 5.13. The summed E-state index contributed by atoms with van der Waals surface area (Å²) in [7, 11) is 0. The molecule has 2 aliphatic heterocycles. The van der Waals surface area contributed by atoms with Crippen LogP contribution in [0.25, 0.3) is 0 Å². The van der Waals surface area contributed by atoms with Crippen LogP contribution in [0.15, 0.2) is 36.7 Å². The standard InChI is InChI=1S/C18H23N5O2/c1-2-25-17-6-4-3-5-16(17)21-18(24)22-13-7-8-14(22)12-15(11-13)23-19-9-10-20-23/h3-6,9-10,13-15H,2,7-8,11-12H2,1H3,(H,21,24). The molecule has 7 nitrogen and oxygen atoms in total. The molecule has 1 N–H and O–H groups in total. The molecule has 2 fully saturated rings. The lowest BCUT2D eigenvalue weighted by molar-refractivity contribution is 0.124. The molecule has 2 bridgehead atoms. The number of amides is 2. The van der Waals surface area contributed by atoms with Crippen molar-refractivity contribution in [1.82, 2.24) is 19.9 Å². The van der Waals surface area contributed by atoms with E-state index in [1.54, 1.807) is 17.2 Å². The molecule has 2 atom stereocenters. The highest BCUT2D eigenvalue weighted by Gasteiger charge is 2.44. The molecule has 2 aliphatic rings. The highest BCUT2D eigenvalue weighted by molar-refractivity contribution is 5.91. The number of nitrogens with zero attached hydrogens (tertiary/aromatic N) is 4. The number of para-hydroxylation sites is 2. The van der Waals surface area contributed by atoms with Gasteiger partial charge in [0.1, 0.15) is 5.75 Å². The number of benzene rings is 1. The predicted octanol–water partition coefficient (Wildman–Crippen LogP) is 3.08. The van der Waals surface area contributed by atoms with Gasteiger partial charge in [-0.05, 0) is 44.7 Å². The zero-order valence-electron chi connectivity index (χ0n) is 14.3. The van der Waals surface area contributed by atoms with Crippen molar-refractivity contribution in [3.8, 4) is 5.75 Å². The molecular weight excluding hydrogens is 318 g/mol. The maximum atomic E-state index is 12.9. The topological polar surface area (TPSA) is 72.3 Å². The molecule has 2 aromatic rings. The van der Waals surface area contributed by atoms with E-state index in [9.17, 15) is 4.79 Å². The summed E-state index contributed by atoms with van der Waals surface area (Å²) >= 11 is 0. The molecule has 1 aromatic heterocycles. The van der Waals surface area contributed by atoms with Crippen molar-refractivity contribution < 1.29 is 9.53 Å². The van der Waals surface area contributed by atoms with Crippen LogP contribution in [0.2, 0.25) is 0 Å². The van der Waals surface area contributed by atoms with Gasteiger partial charge in [-0.3, -0.25) is 0 Å². The van der Waals surface area contributed by atoms with Crippen LogP contribution in [0.3, 0.4) is 0 Å². The zero-order valence-corrected chi connectivity index (χ0v) is 14.3. The number of ether oxygens (including phenoxy) is 1. The van der Waals surface area contributed by atoms with Crippen LogP contribution in [0.4, 0.5) is 10.5 Å². The fourth-order valence-corrected chi connectivity index (χ4v) is 4.11. The number of rotatable bonds is 4. The van der Waals surface area contributed by atoms with E-state index in [1.165, 1.54) is 0 Å². The minimum absolute atomic E-state index is 0.0356. The average Bonchev–Trinajstić information content (AvgIpc) is 3.24. The molecule has 4 rings (SSSR count). The Kier molecular flexibility index (Phi) is 4.29. The summed E-state index contributed by atoms with van der Waals surface area (Å²) in [4.78, 5) is 16.7. The maximum Gasteiger partial charge on any atom is 0.322 e. The fourth-order valence-electron chi connectivity index (χ4n) is 4.11. The number of aromatic nitrogens is 3. The van der Waals surface area contributed by atoms with Crippen LogP contribution in [0.1, 0.15) is 38.6 Å². The number of anilines is 1. The Morgan fingerprint density at radius 1 is 1.16 bits per heavy atom. The second-order valence-corrected chi connectivity index (χ2v) is 6.63. The van der Waals surface area contributed by atoms with Crippen LogP contribution in [0.5, 0.6) is 5.75 Å². The van der Waals surface area contributed by atoms with E-state index in [-0.39, 0.29) is 24.2 Å². The number of hydrogen-bond acceptors (Lipinski definition) is 4. The molecule has 0 radical (unpaired) electrons. The summed E-state index contributed by atoms with van der Waals surface area (Å²) in [6.45, 7) is 2.51. The molecule has 2 saturated heterocycles. The molecular formula is C18H23N5O2. The molecule has 0 spiro atoms. The molecule has 7 heteroatoms. The molecule has 132 valence electrons. The van der Waals surface area contributed by atoms with Gasteiger partial charge in [-0.2, -0.15) is 15.0 Å². The monoisotopic (exact) mass is 341 g/mol.